The maximum Gasteiger partial charge on any atom is 0.176 e. The lowest BCUT2D eigenvalue weighted by Gasteiger charge is -2.14. The molecule has 0 aromatic heterocycles. The Morgan fingerprint density at radius 3 is 2.26 bits per heavy atom. The van der Waals surface area contributed by atoms with E-state index in [-0.39, 0.29) is 23.7 Å². The van der Waals surface area contributed by atoms with E-state index >= 15 is 0 Å². The fraction of sp³-hybridized carbons (Fsp3) is 0.733. The second-order valence-corrected chi connectivity index (χ2v) is 6.17. The van der Waals surface area contributed by atoms with Gasteiger partial charge in [0.2, 0.25) is 0 Å². The fourth-order valence-electron chi connectivity index (χ4n) is 2.35. The van der Waals surface area contributed by atoms with Crippen molar-refractivity contribution in [3.63, 3.8) is 0 Å². The first-order valence-electron chi connectivity index (χ1n) is 6.94. The molecule has 0 fully saturated rings. The average molecular weight is 268 g/mol. The highest BCUT2D eigenvalue weighted by molar-refractivity contribution is 6.23. The molecule has 4 heteroatoms. The fourth-order valence-corrected chi connectivity index (χ4v) is 2.35. The van der Waals surface area contributed by atoms with E-state index in [1.165, 1.54) is 0 Å². The van der Waals surface area contributed by atoms with Gasteiger partial charge in [0.15, 0.2) is 11.6 Å². The highest BCUT2D eigenvalue weighted by Crippen LogP contribution is 2.32. The molecule has 1 aliphatic carbocycles. The van der Waals surface area contributed by atoms with Gasteiger partial charge in [0.1, 0.15) is 17.4 Å². The summed E-state index contributed by atoms with van der Waals surface area (Å²) in [6.45, 7) is 7.82. The summed E-state index contributed by atoms with van der Waals surface area (Å²) in [6, 6.07) is 0. The molecule has 19 heavy (non-hydrogen) atoms. The summed E-state index contributed by atoms with van der Waals surface area (Å²) in [5.74, 6) is -1.30. The van der Waals surface area contributed by atoms with Crippen molar-refractivity contribution in [1.29, 1.82) is 0 Å². The molecule has 4 nitrogen and oxygen atoms in total. The van der Waals surface area contributed by atoms with E-state index in [0.717, 1.165) is 6.42 Å². The first-order chi connectivity index (χ1) is 8.75. The summed E-state index contributed by atoms with van der Waals surface area (Å²) < 4.78 is 0. The number of hydrogen-bond donors (Lipinski definition) is 2. The van der Waals surface area contributed by atoms with Crippen molar-refractivity contribution in [3.8, 4) is 0 Å². The number of Topliss-reactive ketones (excluding diaryl/α,β-unsaturated/α-hetero) is 2. The smallest absolute Gasteiger partial charge is 0.176 e. The van der Waals surface area contributed by atoms with Gasteiger partial charge in [0.25, 0.3) is 0 Å². The molecule has 1 rings (SSSR count). The maximum absolute atomic E-state index is 12.2. The number of carbonyl (C=O) groups excluding carboxylic acids is 2. The van der Waals surface area contributed by atoms with E-state index < -0.39 is 23.6 Å². The van der Waals surface area contributed by atoms with Crippen LogP contribution in [0.2, 0.25) is 0 Å². The van der Waals surface area contributed by atoms with Gasteiger partial charge >= 0.3 is 0 Å². The zero-order chi connectivity index (χ0) is 14.7. The van der Waals surface area contributed by atoms with Crippen molar-refractivity contribution in [2.75, 3.05) is 0 Å². The van der Waals surface area contributed by atoms with Crippen molar-refractivity contribution in [2.45, 2.75) is 53.1 Å². The molecule has 0 saturated heterocycles. The van der Waals surface area contributed by atoms with Crippen LogP contribution in [0.4, 0.5) is 0 Å². The minimum atomic E-state index is -1.21. The molecular weight excluding hydrogens is 244 g/mol. The molecule has 0 spiro atoms. The van der Waals surface area contributed by atoms with Gasteiger partial charge in [0.05, 0.1) is 5.92 Å². The summed E-state index contributed by atoms with van der Waals surface area (Å²) in [7, 11) is 0. The largest absolute Gasteiger partial charge is 0.509 e. The lowest BCUT2D eigenvalue weighted by atomic mass is 9.91. The quantitative estimate of drug-likeness (QED) is 0.725. The lowest BCUT2D eigenvalue weighted by molar-refractivity contribution is -0.124. The van der Waals surface area contributed by atoms with Gasteiger partial charge in [-0.1, -0.05) is 34.1 Å². The molecular formula is C15H24O4. The molecule has 2 atom stereocenters. The third-order valence-electron chi connectivity index (χ3n) is 3.43. The summed E-state index contributed by atoms with van der Waals surface area (Å²) in [4.78, 5) is 24.1. The number of carbonyl (C=O) groups is 2. The SMILES string of the molecule is CC(C)CC[C@@H]1C(=O)C(C(=O)CC(C)C)=C(O)C1O. The Kier molecular flexibility index (Phi) is 5.29. The molecule has 0 bridgehead atoms. The van der Waals surface area contributed by atoms with E-state index in [9.17, 15) is 19.8 Å². The molecule has 1 unspecified atom stereocenters. The Hall–Kier alpha value is -1.16. The Morgan fingerprint density at radius 2 is 1.79 bits per heavy atom. The van der Waals surface area contributed by atoms with E-state index in [2.05, 4.69) is 0 Å². The predicted molar refractivity (Wildman–Crippen MR) is 72.7 cm³/mol. The Balaban J connectivity index is 2.83. The standard InChI is InChI=1S/C15H24O4/c1-8(2)5-6-10-13(17)12(15(19)14(10)18)11(16)7-9(3)4/h8-10,14,18-19H,5-7H2,1-4H3/t10-,14?/m1/s1. The normalized spacial score (nSPS) is 23.8. The van der Waals surface area contributed by atoms with Crippen LogP contribution in [0.25, 0.3) is 0 Å². The van der Waals surface area contributed by atoms with Crippen LogP contribution >= 0.6 is 0 Å². The van der Waals surface area contributed by atoms with E-state index in [1.807, 2.05) is 27.7 Å². The molecule has 0 radical (unpaired) electrons. The molecule has 0 aliphatic heterocycles. The summed E-state index contributed by atoms with van der Waals surface area (Å²) in [5, 5.41) is 19.7. The number of aliphatic hydroxyl groups excluding tert-OH is 2. The lowest BCUT2D eigenvalue weighted by Crippen LogP contribution is -2.24. The summed E-state index contributed by atoms with van der Waals surface area (Å²) in [6.07, 6.45) is 0.291. The van der Waals surface area contributed by atoms with Crippen molar-refractivity contribution >= 4 is 11.6 Å². The highest BCUT2D eigenvalue weighted by atomic mass is 16.3. The van der Waals surface area contributed by atoms with Crippen LogP contribution in [-0.4, -0.2) is 27.9 Å². The monoisotopic (exact) mass is 268 g/mol. The second kappa shape index (κ2) is 6.33. The average Bonchev–Trinajstić information content (AvgIpc) is 2.47. The van der Waals surface area contributed by atoms with Gasteiger partial charge in [-0.05, 0) is 18.3 Å². The molecule has 0 aromatic carbocycles. The topological polar surface area (TPSA) is 74.6 Å². The number of hydrogen-bond acceptors (Lipinski definition) is 4. The molecule has 0 heterocycles. The van der Waals surface area contributed by atoms with Crippen LogP contribution in [0.5, 0.6) is 0 Å². The molecule has 108 valence electrons. The van der Waals surface area contributed by atoms with Crippen molar-refractivity contribution in [1.82, 2.24) is 0 Å². The minimum absolute atomic E-state index is 0.118. The highest BCUT2D eigenvalue weighted by Gasteiger charge is 2.43. The van der Waals surface area contributed by atoms with E-state index in [1.54, 1.807) is 0 Å². The van der Waals surface area contributed by atoms with Crippen LogP contribution in [0, 0.1) is 17.8 Å². The van der Waals surface area contributed by atoms with Crippen LogP contribution < -0.4 is 0 Å². The second-order valence-electron chi connectivity index (χ2n) is 6.17. The molecule has 0 saturated carbocycles. The zero-order valence-electron chi connectivity index (χ0n) is 12.1. The Bertz CT molecular complexity index is 393. The van der Waals surface area contributed by atoms with Crippen molar-refractivity contribution in [3.05, 3.63) is 11.3 Å². The van der Waals surface area contributed by atoms with Gasteiger partial charge in [-0.3, -0.25) is 9.59 Å². The van der Waals surface area contributed by atoms with E-state index in [4.69, 9.17) is 0 Å². The number of rotatable bonds is 6. The molecule has 0 aromatic rings. The first-order valence-corrected chi connectivity index (χ1v) is 6.94. The number of aliphatic hydroxyl groups is 2. The zero-order valence-corrected chi connectivity index (χ0v) is 12.1. The third-order valence-corrected chi connectivity index (χ3v) is 3.43. The summed E-state index contributed by atoms with van der Waals surface area (Å²) >= 11 is 0. The van der Waals surface area contributed by atoms with Gasteiger partial charge in [0, 0.05) is 6.42 Å². The molecule has 0 amide bonds. The Labute approximate surface area is 114 Å². The van der Waals surface area contributed by atoms with Gasteiger partial charge in [-0.25, -0.2) is 0 Å². The van der Waals surface area contributed by atoms with Crippen LogP contribution in [0.3, 0.4) is 0 Å². The predicted octanol–water partition coefficient (Wildman–Crippen LogP) is 2.41. The van der Waals surface area contributed by atoms with Crippen LogP contribution in [0.15, 0.2) is 11.3 Å². The van der Waals surface area contributed by atoms with Crippen LogP contribution in [-0.2, 0) is 9.59 Å². The first kappa shape index (κ1) is 15.9. The van der Waals surface area contributed by atoms with Gasteiger partial charge < -0.3 is 10.2 Å². The minimum Gasteiger partial charge on any atom is -0.509 e. The number of allylic oxidation sites excluding steroid dienone is 1. The maximum atomic E-state index is 12.2. The van der Waals surface area contributed by atoms with E-state index in [0.29, 0.717) is 12.3 Å². The van der Waals surface area contributed by atoms with Crippen molar-refractivity contribution in [2.24, 2.45) is 17.8 Å². The molecule has 1 aliphatic rings. The van der Waals surface area contributed by atoms with Gasteiger partial charge in [-0.15, -0.1) is 0 Å². The Morgan fingerprint density at radius 1 is 1.21 bits per heavy atom. The van der Waals surface area contributed by atoms with Crippen molar-refractivity contribution < 1.29 is 19.8 Å². The third kappa shape index (κ3) is 3.66. The van der Waals surface area contributed by atoms with Crippen LogP contribution in [0.1, 0.15) is 47.0 Å². The molecule has 2 N–H and O–H groups in total. The number of ketones is 2. The summed E-state index contributed by atoms with van der Waals surface area (Å²) in [5.41, 5.74) is -0.171. The van der Waals surface area contributed by atoms with Gasteiger partial charge in [-0.2, -0.15) is 0 Å².